The molecule has 0 saturated carbocycles. The number of nitro groups is 1. The van der Waals surface area contributed by atoms with Gasteiger partial charge in [0.15, 0.2) is 5.92 Å². The van der Waals surface area contributed by atoms with Crippen LogP contribution in [-0.2, 0) is 23.8 Å². The van der Waals surface area contributed by atoms with Crippen LogP contribution < -0.4 is 0 Å². The van der Waals surface area contributed by atoms with E-state index in [1.54, 1.807) is 6.92 Å². The number of carbonyl (C=O) groups excluding carboxylic acids is 3. The zero-order valence-electron chi connectivity index (χ0n) is 13.0. The average Bonchev–Trinajstić information content (AvgIpc) is 2.54. The summed E-state index contributed by atoms with van der Waals surface area (Å²) in [5.74, 6) is -4.50. The Morgan fingerprint density at radius 2 is 1.75 bits per heavy atom. The Morgan fingerprint density at radius 1 is 1.21 bits per heavy atom. The van der Waals surface area contributed by atoms with Gasteiger partial charge < -0.3 is 14.2 Å². The summed E-state index contributed by atoms with van der Waals surface area (Å²) in [7, 11) is 2.07. The smallest absolute Gasteiger partial charge is 0.339 e. The molecule has 0 aliphatic carbocycles. The highest BCUT2D eigenvalue weighted by molar-refractivity contribution is 9.10. The molecule has 0 heterocycles. The lowest BCUT2D eigenvalue weighted by atomic mass is 9.96. The average molecular weight is 404 g/mol. The quantitative estimate of drug-likeness (QED) is 0.232. The first-order valence-electron chi connectivity index (χ1n) is 6.59. The molecular weight excluding hydrogens is 390 g/mol. The molecule has 0 spiro atoms. The van der Waals surface area contributed by atoms with Gasteiger partial charge >= 0.3 is 17.9 Å². The topological polar surface area (TPSA) is 122 Å². The highest BCUT2D eigenvalue weighted by atomic mass is 79.9. The molecule has 1 aromatic carbocycles. The van der Waals surface area contributed by atoms with Crippen LogP contribution in [0.2, 0.25) is 0 Å². The van der Waals surface area contributed by atoms with Crippen LogP contribution >= 0.6 is 15.9 Å². The lowest BCUT2D eigenvalue weighted by Gasteiger charge is -2.14. The minimum Gasteiger partial charge on any atom is -0.468 e. The Balaban J connectivity index is 3.59. The third-order valence-corrected chi connectivity index (χ3v) is 3.65. The second-order valence-corrected chi connectivity index (χ2v) is 5.20. The van der Waals surface area contributed by atoms with Crippen LogP contribution in [0.5, 0.6) is 0 Å². The van der Waals surface area contributed by atoms with E-state index < -0.39 is 34.4 Å². The molecule has 1 rings (SSSR count). The number of hydrogen-bond acceptors (Lipinski definition) is 8. The highest BCUT2D eigenvalue weighted by Crippen LogP contribution is 2.34. The van der Waals surface area contributed by atoms with E-state index in [4.69, 9.17) is 4.74 Å². The van der Waals surface area contributed by atoms with Crippen LogP contribution in [0.15, 0.2) is 16.6 Å². The Hall–Kier alpha value is -2.49. The van der Waals surface area contributed by atoms with Crippen molar-refractivity contribution in [3.63, 3.8) is 0 Å². The second kappa shape index (κ2) is 8.39. The minimum atomic E-state index is -1.66. The molecule has 1 aromatic rings. The summed E-state index contributed by atoms with van der Waals surface area (Å²) in [6, 6.07) is 2.05. The van der Waals surface area contributed by atoms with Crippen LogP contribution in [0.4, 0.5) is 5.69 Å². The maximum absolute atomic E-state index is 11.9. The predicted molar refractivity (Wildman–Crippen MR) is 83.5 cm³/mol. The Bertz CT molecular complexity index is 672. The first-order chi connectivity index (χ1) is 11.3. The van der Waals surface area contributed by atoms with Crippen molar-refractivity contribution in [1.29, 1.82) is 0 Å². The molecule has 24 heavy (non-hydrogen) atoms. The molecule has 0 fully saturated rings. The first-order valence-corrected chi connectivity index (χ1v) is 7.38. The number of halogens is 1. The van der Waals surface area contributed by atoms with Gasteiger partial charge in [-0.1, -0.05) is 0 Å². The van der Waals surface area contributed by atoms with Crippen LogP contribution in [0.3, 0.4) is 0 Å². The minimum absolute atomic E-state index is 0.0772. The van der Waals surface area contributed by atoms with Gasteiger partial charge in [0.25, 0.3) is 5.69 Å². The van der Waals surface area contributed by atoms with E-state index in [9.17, 15) is 24.5 Å². The number of carbonyl (C=O) groups is 3. The first kappa shape index (κ1) is 19.6. The molecule has 0 aromatic heterocycles. The number of ether oxygens (including phenoxy) is 3. The molecule has 0 radical (unpaired) electrons. The van der Waals surface area contributed by atoms with Gasteiger partial charge in [0, 0.05) is 10.5 Å². The van der Waals surface area contributed by atoms with Gasteiger partial charge in [-0.25, -0.2) is 4.79 Å². The number of rotatable bonds is 6. The van der Waals surface area contributed by atoms with Gasteiger partial charge in [-0.15, -0.1) is 0 Å². The zero-order chi connectivity index (χ0) is 18.4. The van der Waals surface area contributed by atoms with E-state index in [1.807, 2.05) is 0 Å². The molecular formula is C14H14BrNO8. The Morgan fingerprint density at radius 3 is 2.17 bits per heavy atom. The predicted octanol–water partition coefficient (Wildman–Crippen LogP) is 1.96. The van der Waals surface area contributed by atoms with E-state index in [0.717, 1.165) is 26.4 Å². The summed E-state index contributed by atoms with van der Waals surface area (Å²) in [5.41, 5.74) is -0.985. The van der Waals surface area contributed by atoms with Crippen molar-refractivity contribution in [2.45, 2.75) is 12.8 Å². The molecule has 0 bridgehead atoms. The third-order valence-electron chi connectivity index (χ3n) is 2.99. The van der Waals surface area contributed by atoms with Crippen molar-refractivity contribution in [2.24, 2.45) is 0 Å². The lowest BCUT2D eigenvalue weighted by molar-refractivity contribution is -0.385. The number of hydrogen-bond donors (Lipinski definition) is 0. The Kier molecular flexibility index (Phi) is 6.83. The summed E-state index contributed by atoms with van der Waals surface area (Å²) >= 11 is 3.08. The SMILES string of the molecule is CCOC(=O)c1cc([N+](=O)[O-])c(C(C(=O)OC)C(=O)OC)cc1Br. The standard InChI is InChI=1S/C14H14BrNO8/c1-4-24-12(17)7-6-10(16(20)21)8(5-9(7)15)11(13(18)22-2)14(19)23-3/h5-6,11H,4H2,1-3H3. The molecule has 0 atom stereocenters. The van der Waals surface area contributed by atoms with Gasteiger partial charge in [0.2, 0.25) is 0 Å². The van der Waals surface area contributed by atoms with Crippen molar-refractivity contribution in [1.82, 2.24) is 0 Å². The molecule has 0 N–H and O–H groups in total. The summed E-state index contributed by atoms with van der Waals surface area (Å²) in [5, 5.41) is 11.3. The molecule has 0 aliphatic heterocycles. The van der Waals surface area contributed by atoms with Crippen LogP contribution in [0.1, 0.15) is 28.8 Å². The van der Waals surface area contributed by atoms with Crippen molar-refractivity contribution >= 4 is 39.5 Å². The van der Waals surface area contributed by atoms with E-state index in [1.165, 1.54) is 0 Å². The summed E-state index contributed by atoms with van der Waals surface area (Å²) in [6.07, 6.45) is 0. The van der Waals surface area contributed by atoms with Crippen LogP contribution in [0, 0.1) is 10.1 Å². The van der Waals surface area contributed by atoms with Crippen LogP contribution in [-0.4, -0.2) is 43.7 Å². The summed E-state index contributed by atoms with van der Waals surface area (Å²) in [4.78, 5) is 46.1. The van der Waals surface area contributed by atoms with Crippen molar-refractivity contribution in [3.8, 4) is 0 Å². The molecule has 0 unspecified atom stereocenters. The fourth-order valence-electron chi connectivity index (χ4n) is 1.92. The Labute approximate surface area is 145 Å². The zero-order valence-corrected chi connectivity index (χ0v) is 14.6. The number of esters is 3. The van der Waals surface area contributed by atoms with Crippen molar-refractivity contribution in [2.75, 3.05) is 20.8 Å². The van der Waals surface area contributed by atoms with Gasteiger partial charge in [-0.2, -0.15) is 0 Å². The number of methoxy groups -OCH3 is 2. The maximum Gasteiger partial charge on any atom is 0.339 e. The molecule has 0 amide bonds. The fraction of sp³-hybridized carbons (Fsp3) is 0.357. The largest absolute Gasteiger partial charge is 0.468 e. The number of benzene rings is 1. The normalized spacial score (nSPS) is 10.2. The monoisotopic (exact) mass is 403 g/mol. The molecule has 9 nitrogen and oxygen atoms in total. The van der Waals surface area contributed by atoms with Gasteiger partial charge in [-0.05, 0) is 28.9 Å². The van der Waals surface area contributed by atoms with Gasteiger partial charge in [0.05, 0.1) is 36.9 Å². The van der Waals surface area contributed by atoms with Gasteiger partial charge in [0.1, 0.15) is 0 Å². The molecule has 0 saturated heterocycles. The van der Waals surface area contributed by atoms with Crippen LogP contribution in [0.25, 0.3) is 0 Å². The maximum atomic E-state index is 11.9. The molecule has 10 heteroatoms. The van der Waals surface area contributed by atoms with E-state index in [0.29, 0.717) is 0 Å². The molecule has 130 valence electrons. The molecule has 0 aliphatic rings. The van der Waals surface area contributed by atoms with E-state index in [-0.39, 0.29) is 22.2 Å². The van der Waals surface area contributed by atoms with E-state index >= 15 is 0 Å². The number of nitro benzene ring substituents is 1. The highest BCUT2D eigenvalue weighted by Gasteiger charge is 2.37. The fourth-order valence-corrected chi connectivity index (χ4v) is 2.44. The van der Waals surface area contributed by atoms with Gasteiger partial charge in [-0.3, -0.25) is 19.7 Å². The van der Waals surface area contributed by atoms with E-state index in [2.05, 4.69) is 25.4 Å². The summed E-state index contributed by atoms with van der Waals surface area (Å²) in [6.45, 7) is 1.66. The lowest BCUT2D eigenvalue weighted by Crippen LogP contribution is -2.25. The second-order valence-electron chi connectivity index (χ2n) is 4.35. The van der Waals surface area contributed by atoms with Crippen molar-refractivity contribution < 1.29 is 33.5 Å². The summed E-state index contributed by atoms with van der Waals surface area (Å²) < 4.78 is 14.0. The number of nitrogens with zero attached hydrogens (tertiary/aromatic N) is 1. The third kappa shape index (κ3) is 4.07. The van der Waals surface area contributed by atoms with Crippen molar-refractivity contribution in [3.05, 3.63) is 37.8 Å².